The molecule has 0 aliphatic carbocycles. The highest BCUT2D eigenvalue weighted by molar-refractivity contribution is 5.95. The number of halogens is 2. The van der Waals surface area contributed by atoms with Crippen LogP contribution in [-0.4, -0.2) is 30.7 Å². The molecule has 0 heterocycles. The van der Waals surface area contributed by atoms with Crippen molar-refractivity contribution in [2.45, 2.75) is 32.8 Å². The van der Waals surface area contributed by atoms with E-state index in [1.165, 1.54) is 0 Å². The molecular weight excluding hydrogens is 308 g/mol. The Hall–Kier alpha value is -2.38. The molecule has 0 radical (unpaired) electrons. The van der Waals surface area contributed by atoms with Gasteiger partial charge in [0.05, 0.1) is 11.3 Å². The van der Waals surface area contributed by atoms with Gasteiger partial charge in [-0.15, -0.1) is 0 Å². The number of carbonyl (C=O) groups is 2. The van der Waals surface area contributed by atoms with Gasteiger partial charge in [-0.1, -0.05) is 0 Å². The maximum Gasteiger partial charge on any atom is 0.407 e. The van der Waals surface area contributed by atoms with Crippen LogP contribution in [0.1, 0.15) is 37.6 Å². The van der Waals surface area contributed by atoms with Gasteiger partial charge in [0.2, 0.25) is 0 Å². The van der Waals surface area contributed by atoms with Gasteiger partial charge in [-0.25, -0.2) is 13.6 Å². The molecule has 4 N–H and O–H groups in total. The van der Waals surface area contributed by atoms with E-state index >= 15 is 0 Å². The summed E-state index contributed by atoms with van der Waals surface area (Å²) in [7, 11) is 0. The minimum atomic E-state index is -0.985. The van der Waals surface area contributed by atoms with Crippen LogP contribution in [0.3, 0.4) is 0 Å². The van der Waals surface area contributed by atoms with Crippen LogP contribution < -0.4 is 16.4 Å². The molecule has 6 nitrogen and oxygen atoms in total. The molecular formula is C15H21F2N3O3. The summed E-state index contributed by atoms with van der Waals surface area (Å²) in [6, 6.07) is 1.51. The third-order valence-electron chi connectivity index (χ3n) is 2.64. The van der Waals surface area contributed by atoms with Crippen LogP contribution in [0.2, 0.25) is 0 Å². The van der Waals surface area contributed by atoms with Crippen LogP contribution in [0.5, 0.6) is 0 Å². The molecule has 0 aliphatic heterocycles. The van der Waals surface area contributed by atoms with Gasteiger partial charge in [-0.05, 0) is 33.3 Å². The number of hydrogen-bond donors (Lipinski definition) is 3. The standard InChI is InChI=1S/C15H21F2N3O3/c1-15(2,3)23-14(22)20-6-4-5-19-13(21)9-7-12(18)11(17)8-10(9)16/h7-8H,4-6,18H2,1-3H3,(H,19,21)(H,20,22). The van der Waals surface area contributed by atoms with Crippen molar-refractivity contribution in [2.24, 2.45) is 0 Å². The number of amides is 2. The number of anilines is 1. The van der Waals surface area contributed by atoms with E-state index in [0.717, 1.165) is 6.07 Å². The molecule has 2 amide bonds. The minimum absolute atomic E-state index is 0.200. The van der Waals surface area contributed by atoms with E-state index in [1.807, 2.05) is 0 Å². The molecule has 128 valence electrons. The Morgan fingerprint density at radius 1 is 1.13 bits per heavy atom. The molecule has 1 aromatic rings. The van der Waals surface area contributed by atoms with Crippen LogP contribution in [0.25, 0.3) is 0 Å². The number of hydrogen-bond acceptors (Lipinski definition) is 4. The molecule has 0 aliphatic rings. The van der Waals surface area contributed by atoms with Crippen molar-refractivity contribution in [3.8, 4) is 0 Å². The van der Waals surface area contributed by atoms with Gasteiger partial charge in [0, 0.05) is 19.2 Å². The molecule has 23 heavy (non-hydrogen) atoms. The monoisotopic (exact) mass is 329 g/mol. The summed E-state index contributed by atoms with van der Waals surface area (Å²) in [6.45, 7) is 5.72. The zero-order valence-corrected chi connectivity index (χ0v) is 13.3. The van der Waals surface area contributed by atoms with Crippen molar-refractivity contribution >= 4 is 17.7 Å². The molecule has 1 aromatic carbocycles. The average Bonchev–Trinajstić information content (AvgIpc) is 2.40. The molecule has 0 atom stereocenters. The fraction of sp³-hybridized carbons (Fsp3) is 0.467. The van der Waals surface area contributed by atoms with E-state index in [0.29, 0.717) is 12.5 Å². The normalized spacial score (nSPS) is 11.0. The minimum Gasteiger partial charge on any atom is -0.444 e. The van der Waals surface area contributed by atoms with Gasteiger partial charge < -0.3 is 21.1 Å². The lowest BCUT2D eigenvalue weighted by Gasteiger charge is -2.19. The first-order valence-electron chi connectivity index (χ1n) is 7.09. The van der Waals surface area contributed by atoms with Crippen molar-refractivity contribution in [1.29, 1.82) is 0 Å². The molecule has 0 spiro atoms. The zero-order chi connectivity index (χ0) is 17.6. The SMILES string of the molecule is CC(C)(C)OC(=O)NCCCNC(=O)c1cc(N)c(F)cc1F. The topological polar surface area (TPSA) is 93.5 Å². The number of nitrogens with one attached hydrogen (secondary N) is 2. The average molecular weight is 329 g/mol. The Bertz CT molecular complexity index is 586. The Kier molecular flexibility index (Phi) is 6.29. The molecule has 1 rings (SSSR count). The van der Waals surface area contributed by atoms with Crippen molar-refractivity contribution in [3.63, 3.8) is 0 Å². The molecule has 0 saturated heterocycles. The number of benzene rings is 1. The summed E-state index contributed by atoms with van der Waals surface area (Å²) < 4.78 is 31.5. The lowest BCUT2D eigenvalue weighted by atomic mass is 10.1. The summed E-state index contributed by atoms with van der Waals surface area (Å²) in [5.74, 6) is -2.60. The largest absolute Gasteiger partial charge is 0.444 e. The van der Waals surface area contributed by atoms with Crippen LogP contribution >= 0.6 is 0 Å². The Labute approximate surface area is 133 Å². The summed E-state index contributed by atoms with van der Waals surface area (Å²) >= 11 is 0. The second kappa shape index (κ2) is 7.75. The first-order valence-corrected chi connectivity index (χ1v) is 7.09. The Morgan fingerprint density at radius 2 is 1.74 bits per heavy atom. The van der Waals surface area contributed by atoms with Crippen molar-refractivity contribution < 1.29 is 23.1 Å². The van der Waals surface area contributed by atoms with Gasteiger partial charge in [-0.2, -0.15) is 0 Å². The van der Waals surface area contributed by atoms with Gasteiger partial charge in [0.15, 0.2) is 0 Å². The molecule has 0 saturated carbocycles. The first kappa shape index (κ1) is 18.7. The fourth-order valence-electron chi connectivity index (χ4n) is 1.63. The van der Waals surface area contributed by atoms with E-state index in [4.69, 9.17) is 10.5 Å². The molecule has 0 fully saturated rings. The lowest BCUT2D eigenvalue weighted by molar-refractivity contribution is 0.0527. The highest BCUT2D eigenvalue weighted by Gasteiger charge is 2.16. The molecule has 0 aromatic heterocycles. The van der Waals surface area contributed by atoms with E-state index in [9.17, 15) is 18.4 Å². The fourth-order valence-corrected chi connectivity index (χ4v) is 1.63. The van der Waals surface area contributed by atoms with Crippen LogP contribution in [0.15, 0.2) is 12.1 Å². The van der Waals surface area contributed by atoms with Crippen LogP contribution in [0.4, 0.5) is 19.3 Å². The van der Waals surface area contributed by atoms with Gasteiger partial charge in [0.25, 0.3) is 5.91 Å². The van der Waals surface area contributed by atoms with Crippen molar-refractivity contribution in [2.75, 3.05) is 18.8 Å². The van der Waals surface area contributed by atoms with Crippen molar-refractivity contribution in [3.05, 3.63) is 29.3 Å². The quantitative estimate of drug-likeness (QED) is 0.570. The molecule has 8 heteroatoms. The zero-order valence-electron chi connectivity index (χ0n) is 13.3. The van der Waals surface area contributed by atoms with Gasteiger partial charge in [-0.3, -0.25) is 4.79 Å². The smallest absolute Gasteiger partial charge is 0.407 e. The summed E-state index contributed by atoms with van der Waals surface area (Å²) in [5, 5.41) is 4.98. The summed E-state index contributed by atoms with van der Waals surface area (Å²) in [4.78, 5) is 23.1. The number of nitrogen functional groups attached to an aromatic ring is 1. The van der Waals surface area contributed by atoms with Gasteiger partial charge in [0.1, 0.15) is 17.2 Å². The van der Waals surface area contributed by atoms with Gasteiger partial charge >= 0.3 is 6.09 Å². The molecule has 0 bridgehead atoms. The lowest BCUT2D eigenvalue weighted by Crippen LogP contribution is -2.34. The first-order chi connectivity index (χ1) is 10.6. The third kappa shape index (κ3) is 6.50. The number of alkyl carbamates (subject to hydrolysis) is 1. The summed E-state index contributed by atoms with van der Waals surface area (Å²) in [5.41, 5.74) is 4.09. The van der Waals surface area contributed by atoms with E-state index in [1.54, 1.807) is 20.8 Å². The maximum absolute atomic E-state index is 13.5. The van der Waals surface area contributed by atoms with E-state index in [2.05, 4.69) is 10.6 Å². The summed E-state index contributed by atoms with van der Waals surface area (Å²) in [6.07, 6.45) is -0.135. The van der Waals surface area contributed by atoms with E-state index < -0.39 is 29.2 Å². The van der Waals surface area contributed by atoms with Crippen LogP contribution in [-0.2, 0) is 4.74 Å². The van der Waals surface area contributed by atoms with E-state index in [-0.39, 0.29) is 24.3 Å². The maximum atomic E-state index is 13.5. The highest BCUT2D eigenvalue weighted by Crippen LogP contribution is 2.16. The second-order valence-electron chi connectivity index (χ2n) is 5.89. The Balaban J connectivity index is 2.35. The number of carbonyl (C=O) groups excluding carboxylic acids is 2. The molecule has 0 unspecified atom stereocenters. The van der Waals surface area contributed by atoms with Crippen LogP contribution in [0, 0.1) is 11.6 Å². The number of nitrogens with two attached hydrogens (primary N) is 1. The van der Waals surface area contributed by atoms with Crippen molar-refractivity contribution in [1.82, 2.24) is 10.6 Å². The second-order valence-corrected chi connectivity index (χ2v) is 5.89. The number of ether oxygens (including phenoxy) is 1. The predicted molar refractivity (Wildman–Crippen MR) is 82.0 cm³/mol. The highest BCUT2D eigenvalue weighted by atomic mass is 19.1. The number of rotatable bonds is 5. The third-order valence-corrected chi connectivity index (χ3v) is 2.64. The predicted octanol–water partition coefficient (Wildman–Crippen LogP) is 2.19. The Morgan fingerprint density at radius 3 is 2.35 bits per heavy atom.